The molecule has 7 nitrogen and oxygen atoms in total. The normalized spacial score (nSPS) is 17.6. The minimum Gasteiger partial charge on any atom is -0.508 e. The first kappa shape index (κ1) is 16.5. The van der Waals surface area contributed by atoms with Gasteiger partial charge >= 0.3 is 12.0 Å². The van der Waals surface area contributed by atoms with E-state index < -0.39 is 12.1 Å². The lowest BCUT2D eigenvalue weighted by atomic mass is 9.89. The van der Waals surface area contributed by atoms with E-state index >= 15 is 0 Å². The quantitative estimate of drug-likeness (QED) is 0.450. The fraction of sp³-hybridized carbons (Fsp3) is 0.167. The largest absolute Gasteiger partial charge is 0.508 e. The SMILES string of the molecule is CC(/C(=N\NC(N)=O)c1ccc(O)cc1)C1OC(=O)c2ccccc21. The van der Waals surface area contributed by atoms with E-state index in [4.69, 9.17) is 10.5 Å². The predicted octanol–water partition coefficient (Wildman–Crippen LogP) is 2.31. The Hall–Kier alpha value is -3.35. The fourth-order valence-corrected chi connectivity index (χ4v) is 2.86. The molecule has 0 saturated carbocycles. The van der Waals surface area contributed by atoms with Crippen LogP contribution in [0, 0.1) is 5.92 Å². The fourth-order valence-electron chi connectivity index (χ4n) is 2.86. The molecule has 4 N–H and O–H groups in total. The van der Waals surface area contributed by atoms with Gasteiger partial charge < -0.3 is 15.6 Å². The van der Waals surface area contributed by atoms with Gasteiger partial charge in [-0.2, -0.15) is 5.10 Å². The van der Waals surface area contributed by atoms with Gasteiger partial charge in [-0.25, -0.2) is 15.0 Å². The molecule has 3 rings (SSSR count). The van der Waals surface area contributed by atoms with Crippen LogP contribution < -0.4 is 11.2 Å². The van der Waals surface area contributed by atoms with E-state index in [9.17, 15) is 14.7 Å². The number of phenolic OH excluding ortho intramolecular Hbond substituents is 1. The number of phenols is 1. The topological polar surface area (TPSA) is 114 Å². The number of ether oxygens (including phenoxy) is 1. The third-order valence-corrected chi connectivity index (χ3v) is 4.06. The molecule has 0 bridgehead atoms. The molecule has 0 fully saturated rings. The third-order valence-electron chi connectivity index (χ3n) is 4.06. The first-order chi connectivity index (χ1) is 12.0. The Morgan fingerprint density at radius 1 is 1.24 bits per heavy atom. The second-order valence-electron chi connectivity index (χ2n) is 5.72. The van der Waals surface area contributed by atoms with E-state index in [0.717, 1.165) is 5.56 Å². The lowest BCUT2D eigenvalue weighted by molar-refractivity contribution is 0.0326. The number of carbonyl (C=O) groups excluding carboxylic acids is 2. The molecule has 1 heterocycles. The lowest BCUT2D eigenvalue weighted by Crippen LogP contribution is -2.29. The molecule has 0 aliphatic carbocycles. The molecule has 0 saturated heterocycles. The maximum atomic E-state index is 12.1. The molecular formula is C18H17N3O4. The van der Waals surface area contributed by atoms with Crippen molar-refractivity contribution >= 4 is 17.7 Å². The van der Waals surface area contributed by atoms with E-state index in [1.165, 1.54) is 12.1 Å². The number of hydrogen-bond donors (Lipinski definition) is 3. The van der Waals surface area contributed by atoms with Crippen molar-refractivity contribution in [3.63, 3.8) is 0 Å². The Morgan fingerprint density at radius 2 is 1.92 bits per heavy atom. The number of cyclic esters (lactones) is 1. The van der Waals surface area contributed by atoms with Crippen LogP contribution in [-0.4, -0.2) is 22.8 Å². The highest BCUT2D eigenvalue weighted by Crippen LogP contribution is 2.37. The molecular weight excluding hydrogens is 322 g/mol. The molecule has 1 aliphatic heterocycles. The summed E-state index contributed by atoms with van der Waals surface area (Å²) in [6, 6.07) is 12.7. The van der Waals surface area contributed by atoms with Gasteiger partial charge in [-0.05, 0) is 35.9 Å². The van der Waals surface area contributed by atoms with Crippen molar-refractivity contribution < 1.29 is 19.4 Å². The number of hydrogen-bond acceptors (Lipinski definition) is 5. The summed E-state index contributed by atoms with van der Waals surface area (Å²) < 4.78 is 5.51. The number of fused-ring (bicyclic) bond motifs is 1. The number of carbonyl (C=O) groups is 2. The molecule has 25 heavy (non-hydrogen) atoms. The summed E-state index contributed by atoms with van der Waals surface area (Å²) in [6.07, 6.45) is -0.536. The maximum absolute atomic E-state index is 12.1. The lowest BCUT2D eigenvalue weighted by Gasteiger charge is -2.21. The highest BCUT2D eigenvalue weighted by Gasteiger charge is 2.37. The van der Waals surface area contributed by atoms with Crippen molar-refractivity contribution in [2.45, 2.75) is 13.0 Å². The molecule has 1 aliphatic rings. The van der Waals surface area contributed by atoms with Crippen LogP contribution in [0.5, 0.6) is 5.75 Å². The molecule has 7 heteroatoms. The van der Waals surface area contributed by atoms with E-state index in [1.807, 2.05) is 19.1 Å². The Kier molecular flexibility index (Phi) is 4.38. The van der Waals surface area contributed by atoms with E-state index in [-0.39, 0.29) is 17.6 Å². The number of urea groups is 1. The van der Waals surface area contributed by atoms with Crippen molar-refractivity contribution in [2.24, 2.45) is 16.8 Å². The number of rotatable bonds is 4. The zero-order valence-corrected chi connectivity index (χ0v) is 13.5. The molecule has 2 amide bonds. The number of benzene rings is 2. The third kappa shape index (κ3) is 3.30. The Balaban J connectivity index is 1.99. The van der Waals surface area contributed by atoms with E-state index in [0.29, 0.717) is 16.8 Å². The zero-order valence-electron chi connectivity index (χ0n) is 13.5. The van der Waals surface area contributed by atoms with Crippen LogP contribution in [0.4, 0.5) is 4.79 Å². The van der Waals surface area contributed by atoms with Crippen molar-refractivity contribution in [3.8, 4) is 5.75 Å². The van der Waals surface area contributed by atoms with Crippen LogP contribution >= 0.6 is 0 Å². The molecule has 2 aromatic carbocycles. The summed E-state index contributed by atoms with van der Waals surface area (Å²) in [7, 11) is 0. The number of esters is 1. The number of nitrogens with two attached hydrogens (primary N) is 1. The number of nitrogens with zero attached hydrogens (tertiary/aromatic N) is 1. The summed E-state index contributed by atoms with van der Waals surface area (Å²) in [4.78, 5) is 23.1. The van der Waals surface area contributed by atoms with Crippen LogP contribution in [0.1, 0.15) is 34.5 Å². The minimum atomic E-state index is -0.799. The van der Waals surface area contributed by atoms with E-state index in [1.54, 1.807) is 24.3 Å². The van der Waals surface area contributed by atoms with Gasteiger partial charge in [-0.1, -0.05) is 25.1 Å². The van der Waals surface area contributed by atoms with Crippen LogP contribution in [0.25, 0.3) is 0 Å². The molecule has 0 spiro atoms. The Bertz CT molecular complexity index is 846. The van der Waals surface area contributed by atoms with Crippen LogP contribution in [0.3, 0.4) is 0 Å². The van der Waals surface area contributed by atoms with Gasteiger partial charge in [-0.3, -0.25) is 0 Å². The van der Waals surface area contributed by atoms with Gasteiger partial charge in [0.1, 0.15) is 11.9 Å². The van der Waals surface area contributed by atoms with Gasteiger partial charge in [0.25, 0.3) is 0 Å². The summed E-state index contributed by atoms with van der Waals surface area (Å²) in [5.41, 5.74) is 9.77. The van der Waals surface area contributed by atoms with Crippen LogP contribution in [0.2, 0.25) is 0 Å². The Morgan fingerprint density at radius 3 is 2.60 bits per heavy atom. The summed E-state index contributed by atoms with van der Waals surface area (Å²) >= 11 is 0. The summed E-state index contributed by atoms with van der Waals surface area (Å²) in [6.45, 7) is 1.84. The first-order valence-corrected chi connectivity index (χ1v) is 7.69. The average Bonchev–Trinajstić information content (AvgIpc) is 2.93. The predicted molar refractivity (Wildman–Crippen MR) is 91.1 cm³/mol. The van der Waals surface area contributed by atoms with Crippen LogP contribution in [-0.2, 0) is 4.74 Å². The van der Waals surface area contributed by atoms with Gasteiger partial charge in [0.2, 0.25) is 0 Å². The molecule has 0 radical (unpaired) electrons. The average molecular weight is 339 g/mol. The molecule has 128 valence electrons. The molecule has 0 aromatic heterocycles. The second-order valence-corrected chi connectivity index (χ2v) is 5.72. The van der Waals surface area contributed by atoms with Crippen molar-refractivity contribution in [2.75, 3.05) is 0 Å². The monoisotopic (exact) mass is 339 g/mol. The Labute approximate surface area is 144 Å². The molecule has 2 unspecified atom stereocenters. The van der Waals surface area contributed by atoms with E-state index in [2.05, 4.69) is 10.5 Å². The number of nitrogens with one attached hydrogen (secondary N) is 1. The van der Waals surface area contributed by atoms with Gasteiger partial charge in [-0.15, -0.1) is 0 Å². The number of hydrazone groups is 1. The van der Waals surface area contributed by atoms with Gasteiger partial charge in [0.15, 0.2) is 0 Å². The molecule has 2 aromatic rings. The van der Waals surface area contributed by atoms with Crippen molar-refractivity contribution in [3.05, 3.63) is 65.2 Å². The zero-order chi connectivity index (χ0) is 18.0. The van der Waals surface area contributed by atoms with Gasteiger partial charge in [0.05, 0.1) is 11.3 Å². The smallest absolute Gasteiger partial charge is 0.339 e. The number of aromatic hydroxyl groups is 1. The highest BCUT2D eigenvalue weighted by molar-refractivity contribution is 6.04. The standard InChI is InChI=1S/C18H17N3O4/c1-10(16-13-4-2-3-5-14(13)17(23)25-16)15(20-21-18(19)24)11-6-8-12(22)9-7-11/h2-10,16,22H,1H3,(H3,19,21,24)/b20-15+. The summed E-state index contributed by atoms with van der Waals surface area (Å²) in [5.74, 6) is -0.638. The minimum absolute atomic E-state index is 0.108. The second kappa shape index (κ2) is 6.64. The first-order valence-electron chi connectivity index (χ1n) is 7.69. The van der Waals surface area contributed by atoms with Crippen LogP contribution in [0.15, 0.2) is 53.6 Å². The van der Waals surface area contributed by atoms with Crippen molar-refractivity contribution in [1.29, 1.82) is 0 Å². The molecule has 2 atom stereocenters. The van der Waals surface area contributed by atoms with Gasteiger partial charge in [0, 0.05) is 11.5 Å². The van der Waals surface area contributed by atoms with Crippen molar-refractivity contribution in [1.82, 2.24) is 5.43 Å². The number of primary amides is 1. The summed E-state index contributed by atoms with van der Waals surface area (Å²) in [5, 5.41) is 13.6. The highest BCUT2D eigenvalue weighted by atomic mass is 16.5. The maximum Gasteiger partial charge on any atom is 0.339 e. The number of amides is 2.